The van der Waals surface area contributed by atoms with Crippen molar-refractivity contribution in [2.75, 3.05) is 44.8 Å². The molecule has 0 spiro atoms. The number of ether oxygens (including phenoxy) is 3. The van der Waals surface area contributed by atoms with Gasteiger partial charge >= 0.3 is 0 Å². The van der Waals surface area contributed by atoms with Gasteiger partial charge in [0.1, 0.15) is 26.3 Å². The standard InChI is InChI=1S/C15H20N2O4/c1-11(17-4-6-19-7-5-17)15(18)16-12-2-3-13-14(10-12)21-9-8-20-13/h2-3,10-11H,4-9H2,1H3,(H,16,18)/p+1/t11-/m1/s1. The average Bonchev–Trinajstić information content (AvgIpc) is 2.55. The molecule has 2 N–H and O–H groups in total. The Kier molecular flexibility index (Phi) is 4.26. The lowest BCUT2D eigenvalue weighted by atomic mass is 10.2. The number of fused-ring (bicyclic) bond motifs is 1. The Morgan fingerprint density at radius 2 is 1.86 bits per heavy atom. The van der Waals surface area contributed by atoms with Crippen LogP contribution in [-0.4, -0.2) is 51.5 Å². The van der Waals surface area contributed by atoms with Gasteiger partial charge in [0.25, 0.3) is 5.91 Å². The molecule has 6 heteroatoms. The van der Waals surface area contributed by atoms with E-state index >= 15 is 0 Å². The van der Waals surface area contributed by atoms with Gasteiger partial charge in [0.05, 0.1) is 13.2 Å². The van der Waals surface area contributed by atoms with Gasteiger partial charge in [0.15, 0.2) is 17.5 Å². The fraction of sp³-hybridized carbons (Fsp3) is 0.533. The van der Waals surface area contributed by atoms with E-state index in [0.29, 0.717) is 19.0 Å². The van der Waals surface area contributed by atoms with E-state index in [9.17, 15) is 4.79 Å². The molecule has 0 bridgehead atoms. The third kappa shape index (κ3) is 3.28. The van der Waals surface area contributed by atoms with Gasteiger partial charge in [-0.2, -0.15) is 0 Å². The third-order valence-electron chi connectivity index (χ3n) is 3.95. The molecule has 21 heavy (non-hydrogen) atoms. The lowest BCUT2D eigenvalue weighted by Crippen LogP contribution is -3.18. The van der Waals surface area contributed by atoms with Gasteiger partial charge in [-0.15, -0.1) is 0 Å². The smallest absolute Gasteiger partial charge is 0.282 e. The first-order chi connectivity index (χ1) is 10.2. The van der Waals surface area contributed by atoms with E-state index in [1.54, 1.807) is 0 Å². The molecule has 2 heterocycles. The summed E-state index contributed by atoms with van der Waals surface area (Å²) in [5.74, 6) is 1.43. The molecule has 0 aromatic heterocycles. The van der Waals surface area contributed by atoms with Crippen molar-refractivity contribution in [2.45, 2.75) is 13.0 Å². The van der Waals surface area contributed by atoms with Crippen molar-refractivity contribution < 1.29 is 23.9 Å². The highest BCUT2D eigenvalue weighted by atomic mass is 16.6. The van der Waals surface area contributed by atoms with E-state index in [1.807, 2.05) is 25.1 Å². The van der Waals surface area contributed by atoms with Crippen LogP contribution in [0.15, 0.2) is 18.2 Å². The second kappa shape index (κ2) is 6.32. The molecular weight excluding hydrogens is 272 g/mol. The highest BCUT2D eigenvalue weighted by Crippen LogP contribution is 2.32. The molecular formula is C15H21N2O4+. The maximum absolute atomic E-state index is 12.3. The first-order valence-corrected chi connectivity index (χ1v) is 7.37. The van der Waals surface area contributed by atoms with Crippen molar-refractivity contribution in [1.82, 2.24) is 0 Å². The molecule has 2 aliphatic heterocycles. The monoisotopic (exact) mass is 293 g/mol. The molecule has 0 aliphatic carbocycles. The SMILES string of the molecule is C[C@H](C(=O)Nc1ccc2c(c1)OCCO2)[NH+]1CCOCC1. The molecule has 1 saturated heterocycles. The van der Waals surface area contributed by atoms with E-state index in [0.717, 1.165) is 37.7 Å². The molecule has 2 aliphatic rings. The average molecular weight is 293 g/mol. The van der Waals surface area contributed by atoms with E-state index in [1.165, 1.54) is 4.90 Å². The van der Waals surface area contributed by atoms with E-state index < -0.39 is 0 Å². The fourth-order valence-electron chi connectivity index (χ4n) is 2.62. The van der Waals surface area contributed by atoms with Crippen molar-refractivity contribution in [2.24, 2.45) is 0 Å². The summed E-state index contributed by atoms with van der Waals surface area (Å²) >= 11 is 0. The van der Waals surface area contributed by atoms with Crippen molar-refractivity contribution in [3.8, 4) is 11.5 Å². The number of carbonyl (C=O) groups excluding carboxylic acids is 1. The van der Waals surface area contributed by atoms with Crippen LogP contribution >= 0.6 is 0 Å². The van der Waals surface area contributed by atoms with Gasteiger partial charge in [-0.1, -0.05) is 0 Å². The minimum Gasteiger partial charge on any atom is -0.486 e. The van der Waals surface area contributed by atoms with Crippen molar-refractivity contribution >= 4 is 11.6 Å². The Hall–Kier alpha value is -1.79. The predicted molar refractivity (Wildman–Crippen MR) is 77.0 cm³/mol. The van der Waals surface area contributed by atoms with Gasteiger partial charge in [0.2, 0.25) is 0 Å². The molecule has 114 valence electrons. The summed E-state index contributed by atoms with van der Waals surface area (Å²) in [5.41, 5.74) is 0.740. The summed E-state index contributed by atoms with van der Waals surface area (Å²) < 4.78 is 16.3. The Morgan fingerprint density at radius 3 is 2.62 bits per heavy atom. The minimum absolute atomic E-state index is 0.0172. The third-order valence-corrected chi connectivity index (χ3v) is 3.95. The number of benzene rings is 1. The Labute approximate surface area is 124 Å². The number of amides is 1. The first kappa shape index (κ1) is 14.2. The summed E-state index contributed by atoms with van der Waals surface area (Å²) in [4.78, 5) is 13.6. The number of hydrogen-bond acceptors (Lipinski definition) is 4. The van der Waals surface area contributed by atoms with Crippen LogP contribution in [0.4, 0.5) is 5.69 Å². The number of morpholine rings is 1. The van der Waals surface area contributed by atoms with Crippen molar-refractivity contribution in [1.29, 1.82) is 0 Å². The quantitative estimate of drug-likeness (QED) is 0.803. The number of hydrogen-bond donors (Lipinski definition) is 2. The van der Waals surface area contributed by atoms with Gasteiger partial charge in [0, 0.05) is 11.8 Å². The van der Waals surface area contributed by atoms with Gasteiger partial charge in [-0.25, -0.2) is 0 Å². The Morgan fingerprint density at radius 1 is 1.14 bits per heavy atom. The Bertz CT molecular complexity index is 514. The molecule has 1 atom stereocenters. The summed E-state index contributed by atoms with van der Waals surface area (Å²) in [6.07, 6.45) is 0. The van der Waals surface area contributed by atoms with Crippen LogP contribution in [0.1, 0.15) is 6.92 Å². The molecule has 1 aromatic rings. The molecule has 6 nitrogen and oxygen atoms in total. The number of anilines is 1. The second-order valence-electron chi connectivity index (χ2n) is 5.34. The summed E-state index contributed by atoms with van der Waals surface area (Å²) in [6.45, 7) is 6.24. The predicted octanol–water partition coefficient (Wildman–Crippen LogP) is -0.300. The van der Waals surface area contributed by atoms with Crippen LogP contribution in [-0.2, 0) is 9.53 Å². The van der Waals surface area contributed by atoms with Gasteiger partial charge < -0.3 is 24.4 Å². The van der Waals surface area contributed by atoms with Crippen LogP contribution in [0, 0.1) is 0 Å². The largest absolute Gasteiger partial charge is 0.486 e. The van der Waals surface area contributed by atoms with Gasteiger partial charge in [-0.05, 0) is 19.1 Å². The van der Waals surface area contributed by atoms with Crippen LogP contribution in [0.3, 0.4) is 0 Å². The maximum Gasteiger partial charge on any atom is 0.282 e. The van der Waals surface area contributed by atoms with Gasteiger partial charge in [-0.3, -0.25) is 4.79 Å². The zero-order chi connectivity index (χ0) is 14.7. The van der Waals surface area contributed by atoms with Crippen molar-refractivity contribution in [3.63, 3.8) is 0 Å². The zero-order valence-corrected chi connectivity index (χ0v) is 12.2. The lowest BCUT2D eigenvalue weighted by molar-refractivity contribution is -0.921. The normalized spacial score (nSPS) is 19.9. The first-order valence-electron chi connectivity index (χ1n) is 7.37. The van der Waals surface area contributed by atoms with Crippen LogP contribution in [0.5, 0.6) is 11.5 Å². The van der Waals surface area contributed by atoms with E-state index in [4.69, 9.17) is 14.2 Å². The summed E-state index contributed by atoms with van der Waals surface area (Å²) in [5, 5.41) is 2.95. The molecule has 1 aromatic carbocycles. The summed E-state index contributed by atoms with van der Waals surface area (Å²) in [6, 6.07) is 5.39. The number of quaternary nitrogens is 1. The molecule has 0 saturated carbocycles. The fourth-order valence-corrected chi connectivity index (χ4v) is 2.62. The molecule has 0 unspecified atom stereocenters. The summed E-state index contributed by atoms with van der Waals surface area (Å²) in [7, 11) is 0. The highest BCUT2D eigenvalue weighted by molar-refractivity contribution is 5.93. The van der Waals surface area contributed by atoms with Crippen LogP contribution in [0.2, 0.25) is 0 Å². The highest BCUT2D eigenvalue weighted by Gasteiger charge is 2.27. The lowest BCUT2D eigenvalue weighted by Gasteiger charge is -2.28. The zero-order valence-electron chi connectivity index (χ0n) is 12.2. The second-order valence-corrected chi connectivity index (χ2v) is 5.34. The molecule has 0 radical (unpaired) electrons. The Balaban J connectivity index is 1.63. The number of nitrogens with one attached hydrogen (secondary N) is 2. The van der Waals surface area contributed by atoms with E-state index in [-0.39, 0.29) is 11.9 Å². The van der Waals surface area contributed by atoms with Crippen molar-refractivity contribution in [3.05, 3.63) is 18.2 Å². The topological polar surface area (TPSA) is 61.2 Å². The molecule has 3 rings (SSSR count). The molecule has 1 amide bonds. The van der Waals surface area contributed by atoms with E-state index in [2.05, 4.69) is 5.32 Å². The maximum atomic E-state index is 12.3. The minimum atomic E-state index is -0.0953. The van der Waals surface area contributed by atoms with Crippen LogP contribution in [0.25, 0.3) is 0 Å². The van der Waals surface area contributed by atoms with Crippen LogP contribution < -0.4 is 19.7 Å². The molecule has 1 fully saturated rings. The number of rotatable bonds is 3. The number of carbonyl (C=O) groups is 1.